The van der Waals surface area contributed by atoms with E-state index in [0.29, 0.717) is 11.6 Å². The second-order valence-corrected chi connectivity index (χ2v) is 4.45. The van der Waals surface area contributed by atoms with Crippen molar-refractivity contribution in [1.29, 1.82) is 5.26 Å². The largest absolute Gasteiger partial charge is 0.381 e. The van der Waals surface area contributed by atoms with Crippen molar-refractivity contribution in [2.45, 2.75) is 32.7 Å². The minimum absolute atomic E-state index is 0.365. The predicted molar refractivity (Wildman–Crippen MR) is 65.9 cm³/mol. The van der Waals surface area contributed by atoms with Crippen LogP contribution in [0.2, 0.25) is 0 Å². The van der Waals surface area contributed by atoms with Gasteiger partial charge in [0.2, 0.25) is 0 Å². The Morgan fingerprint density at radius 2 is 2.12 bits per heavy atom. The summed E-state index contributed by atoms with van der Waals surface area (Å²) in [4.78, 5) is 4.42. The van der Waals surface area contributed by atoms with Crippen molar-refractivity contribution in [2.24, 2.45) is 0 Å². The molecule has 2 heterocycles. The second kappa shape index (κ2) is 5.15. The highest BCUT2D eigenvalue weighted by molar-refractivity contribution is 5.56. The normalized spacial score (nSPS) is 16.5. The molecule has 1 aliphatic heterocycles. The molecule has 0 radical (unpaired) electrons. The Bertz CT molecular complexity index is 445. The van der Waals surface area contributed by atoms with Gasteiger partial charge in [-0.1, -0.05) is 0 Å². The predicted octanol–water partition coefficient (Wildman–Crippen LogP) is 2.16. The lowest BCUT2D eigenvalue weighted by Crippen LogP contribution is -2.28. The fourth-order valence-electron chi connectivity index (χ4n) is 2.12. The fraction of sp³-hybridized carbons (Fsp3) is 0.538. The van der Waals surface area contributed by atoms with Crippen molar-refractivity contribution in [3.05, 3.63) is 22.9 Å². The Morgan fingerprint density at radius 3 is 2.76 bits per heavy atom. The molecule has 17 heavy (non-hydrogen) atoms. The van der Waals surface area contributed by atoms with E-state index < -0.39 is 0 Å². The summed E-state index contributed by atoms with van der Waals surface area (Å²) in [6.07, 6.45) is 1.94. The maximum atomic E-state index is 9.16. The number of aromatic nitrogens is 1. The number of anilines is 1. The summed E-state index contributed by atoms with van der Waals surface area (Å²) in [5.41, 5.74) is 2.58. The van der Waals surface area contributed by atoms with Crippen LogP contribution in [0.4, 0.5) is 5.82 Å². The highest BCUT2D eigenvalue weighted by Gasteiger charge is 2.16. The molecule has 1 fully saturated rings. The number of aryl methyl sites for hydroxylation is 2. The van der Waals surface area contributed by atoms with Crippen LogP contribution < -0.4 is 5.32 Å². The van der Waals surface area contributed by atoms with Crippen molar-refractivity contribution in [1.82, 2.24) is 4.98 Å². The molecule has 0 spiro atoms. The molecule has 1 N–H and O–H groups in total. The lowest BCUT2D eigenvalue weighted by Gasteiger charge is -2.24. The van der Waals surface area contributed by atoms with Gasteiger partial charge in [0.1, 0.15) is 11.9 Å². The number of pyridine rings is 1. The Kier molecular flexibility index (Phi) is 3.60. The highest BCUT2D eigenvalue weighted by atomic mass is 16.5. The lowest BCUT2D eigenvalue weighted by molar-refractivity contribution is 0.0904. The first-order valence-electron chi connectivity index (χ1n) is 5.93. The quantitative estimate of drug-likeness (QED) is 0.847. The molecule has 1 saturated heterocycles. The van der Waals surface area contributed by atoms with Crippen molar-refractivity contribution in [2.75, 3.05) is 18.5 Å². The van der Waals surface area contributed by atoms with E-state index in [1.807, 2.05) is 19.9 Å². The molecule has 0 atom stereocenters. The summed E-state index contributed by atoms with van der Waals surface area (Å²) in [6, 6.07) is 4.53. The molecule has 0 aliphatic carbocycles. The van der Waals surface area contributed by atoms with Crippen molar-refractivity contribution >= 4 is 5.82 Å². The van der Waals surface area contributed by atoms with E-state index in [4.69, 9.17) is 10.00 Å². The van der Waals surface area contributed by atoms with Gasteiger partial charge in [0.25, 0.3) is 0 Å². The third kappa shape index (κ3) is 2.75. The lowest BCUT2D eigenvalue weighted by atomic mass is 10.1. The van der Waals surface area contributed by atoms with E-state index in [9.17, 15) is 0 Å². The first kappa shape index (κ1) is 11.9. The average molecular weight is 231 g/mol. The van der Waals surface area contributed by atoms with Crippen molar-refractivity contribution < 1.29 is 4.74 Å². The maximum absolute atomic E-state index is 9.16. The zero-order chi connectivity index (χ0) is 12.3. The van der Waals surface area contributed by atoms with Crippen LogP contribution in [0.15, 0.2) is 6.07 Å². The molecule has 2 rings (SSSR count). The third-order valence-electron chi connectivity index (χ3n) is 3.02. The molecule has 0 bridgehead atoms. The Balaban J connectivity index is 2.22. The third-order valence-corrected chi connectivity index (χ3v) is 3.02. The van der Waals surface area contributed by atoms with Gasteiger partial charge in [0, 0.05) is 24.9 Å². The summed E-state index contributed by atoms with van der Waals surface area (Å²) in [5.74, 6) is 0.719. The second-order valence-electron chi connectivity index (χ2n) is 4.45. The van der Waals surface area contributed by atoms with Gasteiger partial charge in [0.05, 0.1) is 5.56 Å². The molecule has 4 nitrogen and oxygen atoms in total. The minimum atomic E-state index is 0.365. The van der Waals surface area contributed by atoms with E-state index in [-0.39, 0.29) is 0 Å². The topological polar surface area (TPSA) is 57.9 Å². The number of ether oxygens (including phenoxy) is 1. The van der Waals surface area contributed by atoms with Crippen LogP contribution in [0.25, 0.3) is 0 Å². The molecule has 90 valence electrons. The smallest absolute Gasteiger partial charge is 0.144 e. The van der Waals surface area contributed by atoms with Crippen LogP contribution >= 0.6 is 0 Å². The number of hydrogen-bond acceptors (Lipinski definition) is 4. The van der Waals surface area contributed by atoms with E-state index in [2.05, 4.69) is 16.4 Å². The summed E-state index contributed by atoms with van der Waals surface area (Å²) < 4.78 is 5.32. The van der Waals surface area contributed by atoms with Crippen LogP contribution in [0, 0.1) is 25.2 Å². The Hall–Kier alpha value is -1.60. The van der Waals surface area contributed by atoms with Crippen LogP contribution in [0.3, 0.4) is 0 Å². The van der Waals surface area contributed by atoms with Crippen LogP contribution in [-0.2, 0) is 4.74 Å². The average Bonchev–Trinajstić information content (AvgIpc) is 2.30. The van der Waals surface area contributed by atoms with Crippen molar-refractivity contribution in [3.63, 3.8) is 0 Å². The minimum Gasteiger partial charge on any atom is -0.381 e. The molecule has 0 amide bonds. The molecule has 0 aromatic carbocycles. The maximum Gasteiger partial charge on any atom is 0.144 e. The van der Waals surface area contributed by atoms with E-state index in [1.54, 1.807) is 0 Å². The molecular weight excluding hydrogens is 214 g/mol. The zero-order valence-electron chi connectivity index (χ0n) is 10.3. The molecule has 0 unspecified atom stereocenters. The summed E-state index contributed by atoms with van der Waals surface area (Å²) in [6.45, 7) is 5.46. The SMILES string of the molecule is Cc1cc(C)c(C#N)c(NC2CCOCC2)n1. The summed E-state index contributed by atoms with van der Waals surface area (Å²) in [5, 5.41) is 12.5. The summed E-state index contributed by atoms with van der Waals surface area (Å²) >= 11 is 0. The number of nitrogens with one attached hydrogen (secondary N) is 1. The molecule has 0 saturated carbocycles. The first-order valence-corrected chi connectivity index (χ1v) is 5.93. The van der Waals surface area contributed by atoms with E-state index in [1.165, 1.54) is 0 Å². The highest BCUT2D eigenvalue weighted by Crippen LogP contribution is 2.20. The molecular formula is C13H17N3O. The van der Waals surface area contributed by atoms with Gasteiger partial charge in [-0.25, -0.2) is 4.98 Å². The van der Waals surface area contributed by atoms with Crippen LogP contribution in [0.5, 0.6) is 0 Å². The molecule has 1 aromatic heterocycles. The standard InChI is InChI=1S/C13H17N3O/c1-9-7-10(2)15-13(12(9)8-14)16-11-3-5-17-6-4-11/h7,11H,3-6H2,1-2H3,(H,15,16). The molecule has 1 aromatic rings. The van der Waals surface area contributed by atoms with Crippen LogP contribution in [0.1, 0.15) is 29.7 Å². The number of rotatable bonds is 2. The molecule has 4 heteroatoms. The van der Waals surface area contributed by atoms with Gasteiger partial charge < -0.3 is 10.1 Å². The van der Waals surface area contributed by atoms with Gasteiger partial charge in [0.15, 0.2) is 0 Å². The van der Waals surface area contributed by atoms with Gasteiger partial charge in [-0.15, -0.1) is 0 Å². The number of nitrogens with zero attached hydrogens (tertiary/aromatic N) is 2. The monoisotopic (exact) mass is 231 g/mol. The number of hydrogen-bond donors (Lipinski definition) is 1. The van der Waals surface area contributed by atoms with Crippen molar-refractivity contribution in [3.8, 4) is 6.07 Å². The molecule has 1 aliphatic rings. The summed E-state index contributed by atoms with van der Waals surface area (Å²) in [7, 11) is 0. The van der Waals surface area contributed by atoms with Gasteiger partial charge in [-0.05, 0) is 38.3 Å². The van der Waals surface area contributed by atoms with Gasteiger partial charge in [-0.3, -0.25) is 0 Å². The van der Waals surface area contributed by atoms with Crippen LogP contribution in [-0.4, -0.2) is 24.2 Å². The fourth-order valence-corrected chi connectivity index (χ4v) is 2.12. The Morgan fingerprint density at radius 1 is 1.41 bits per heavy atom. The van der Waals surface area contributed by atoms with Gasteiger partial charge >= 0.3 is 0 Å². The number of nitriles is 1. The first-order chi connectivity index (χ1) is 8.20. The van der Waals surface area contributed by atoms with Gasteiger partial charge in [-0.2, -0.15) is 5.26 Å². The van der Waals surface area contributed by atoms with E-state index in [0.717, 1.165) is 43.1 Å². The Labute approximate surface area is 102 Å². The van der Waals surface area contributed by atoms with E-state index >= 15 is 0 Å². The zero-order valence-corrected chi connectivity index (χ0v) is 10.3.